The Balaban J connectivity index is 1.96. The van der Waals surface area contributed by atoms with Crippen molar-refractivity contribution in [3.8, 4) is 5.75 Å². The van der Waals surface area contributed by atoms with Crippen molar-refractivity contribution in [1.82, 2.24) is 0 Å². The van der Waals surface area contributed by atoms with Crippen LogP contribution >= 0.6 is 0 Å². The molecule has 1 heterocycles. The van der Waals surface area contributed by atoms with Gasteiger partial charge in [-0.1, -0.05) is 0 Å². The molecular formula is C10H9F3O2. The van der Waals surface area contributed by atoms with Crippen molar-refractivity contribution in [3.05, 3.63) is 29.8 Å². The van der Waals surface area contributed by atoms with E-state index in [1.54, 1.807) is 0 Å². The molecule has 1 saturated heterocycles. The van der Waals surface area contributed by atoms with E-state index in [9.17, 15) is 13.2 Å². The Hall–Kier alpha value is -1.23. The van der Waals surface area contributed by atoms with E-state index in [1.165, 1.54) is 12.1 Å². The van der Waals surface area contributed by atoms with Crippen LogP contribution in [0.5, 0.6) is 5.75 Å². The summed E-state index contributed by atoms with van der Waals surface area (Å²) >= 11 is 0. The minimum Gasteiger partial charge on any atom is -0.491 e. The molecule has 5 heteroatoms. The van der Waals surface area contributed by atoms with Crippen molar-refractivity contribution in [2.24, 2.45) is 0 Å². The van der Waals surface area contributed by atoms with Crippen LogP contribution in [0.2, 0.25) is 0 Å². The number of halogens is 3. The molecule has 1 unspecified atom stereocenters. The van der Waals surface area contributed by atoms with Gasteiger partial charge in [0.25, 0.3) is 0 Å². The zero-order chi connectivity index (χ0) is 10.9. The quantitative estimate of drug-likeness (QED) is 0.727. The predicted molar refractivity (Wildman–Crippen MR) is 46.7 cm³/mol. The molecule has 0 bridgehead atoms. The molecule has 82 valence electrons. The number of hydrogen-bond donors (Lipinski definition) is 0. The minimum absolute atomic E-state index is 0.104. The van der Waals surface area contributed by atoms with Gasteiger partial charge in [0.2, 0.25) is 0 Å². The number of hydrogen-bond acceptors (Lipinski definition) is 2. The van der Waals surface area contributed by atoms with Crippen molar-refractivity contribution >= 4 is 0 Å². The van der Waals surface area contributed by atoms with E-state index in [1.807, 2.05) is 0 Å². The predicted octanol–water partition coefficient (Wildman–Crippen LogP) is 2.48. The molecule has 1 aromatic rings. The second-order valence-electron chi connectivity index (χ2n) is 3.29. The molecule has 1 atom stereocenters. The molecule has 1 fully saturated rings. The van der Waals surface area contributed by atoms with Crippen LogP contribution in [0.15, 0.2) is 24.3 Å². The molecule has 0 spiro atoms. The molecule has 0 N–H and O–H groups in total. The van der Waals surface area contributed by atoms with Gasteiger partial charge in [-0.3, -0.25) is 0 Å². The lowest BCUT2D eigenvalue weighted by Gasteiger charge is -2.08. The summed E-state index contributed by atoms with van der Waals surface area (Å²) in [5, 5.41) is 0. The van der Waals surface area contributed by atoms with E-state index in [0.717, 1.165) is 12.1 Å². The van der Waals surface area contributed by atoms with Gasteiger partial charge < -0.3 is 9.47 Å². The average molecular weight is 218 g/mol. The van der Waals surface area contributed by atoms with Gasteiger partial charge in [-0.15, -0.1) is 0 Å². The number of benzene rings is 1. The van der Waals surface area contributed by atoms with Crippen LogP contribution in [0, 0.1) is 0 Å². The first-order valence-electron chi connectivity index (χ1n) is 4.47. The summed E-state index contributed by atoms with van der Waals surface area (Å²) in [6.45, 7) is 1.06. The Morgan fingerprint density at radius 2 is 1.87 bits per heavy atom. The first-order chi connectivity index (χ1) is 7.05. The number of epoxide rings is 1. The lowest BCUT2D eigenvalue weighted by Crippen LogP contribution is -2.06. The smallest absolute Gasteiger partial charge is 0.416 e. The van der Waals surface area contributed by atoms with E-state index >= 15 is 0 Å². The number of alkyl halides is 3. The van der Waals surface area contributed by atoms with Crippen LogP contribution in [0.3, 0.4) is 0 Å². The third kappa shape index (κ3) is 2.86. The molecule has 0 aromatic heterocycles. The van der Waals surface area contributed by atoms with Gasteiger partial charge in [-0.25, -0.2) is 0 Å². The zero-order valence-electron chi connectivity index (χ0n) is 7.75. The summed E-state index contributed by atoms with van der Waals surface area (Å²) in [7, 11) is 0. The van der Waals surface area contributed by atoms with Crippen molar-refractivity contribution < 1.29 is 22.6 Å². The highest BCUT2D eigenvalue weighted by Crippen LogP contribution is 2.30. The summed E-state index contributed by atoms with van der Waals surface area (Å²) in [4.78, 5) is 0. The number of ether oxygens (including phenoxy) is 2. The average Bonchev–Trinajstić information content (AvgIpc) is 2.97. The SMILES string of the molecule is FC(F)(F)c1ccc(OCC2CO2)cc1. The van der Waals surface area contributed by atoms with Gasteiger partial charge in [0.05, 0.1) is 12.2 Å². The van der Waals surface area contributed by atoms with E-state index in [0.29, 0.717) is 19.0 Å². The molecule has 2 rings (SSSR count). The van der Waals surface area contributed by atoms with E-state index in [2.05, 4.69) is 0 Å². The molecular weight excluding hydrogens is 209 g/mol. The van der Waals surface area contributed by atoms with Crippen LogP contribution in [-0.2, 0) is 10.9 Å². The fourth-order valence-electron chi connectivity index (χ4n) is 1.09. The number of rotatable bonds is 3. The zero-order valence-corrected chi connectivity index (χ0v) is 7.75. The van der Waals surface area contributed by atoms with Crippen LogP contribution in [-0.4, -0.2) is 19.3 Å². The molecule has 0 saturated carbocycles. The monoisotopic (exact) mass is 218 g/mol. The maximum atomic E-state index is 12.2. The van der Waals surface area contributed by atoms with Crippen molar-refractivity contribution in [2.75, 3.05) is 13.2 Å². The summed E-state index contributed by atoms with van der Waals surface area (Å²) in [6, 6.07) is 4.63. The molecule has 1 aliphatic heterocycles. The standard InChI is InChI=1S/C10H9F3O2/c11-10(12,13)7-1-3-8(4-2-7)14-5-9-6-15-9/h1-4,9H,5-6H2. The normalized spacial score (nSPS) is 20.1. The van der Waals surface area contributed by atoms with Crippen LogP contribution < -0.4 is 4.74 Å². The molecule has 0 amide bonds. The maximum Gasteiger partial charge on any atom is 0.416 e. The van der Waals surface area contributed by atoms with Gasteiger partial charge in [0.1, 0.15) is 18.5 Å². The molecule has 0 aliphatic carbocycles. The van der Waals surface area contributed by atoms with E-state index in [-0.39, 0.29) is 6.10 Å². The summed E-state index contributed by atoms with van der Waals surface area (Å²) in [5.41, 5.74) is -0.669. The fraction of sp³-hybridized carbons (Fsp3) is 0.400. The second kappa shape index (κ2) is 3.73. The molecule has 1 aliphatic rings. The third-order valence-corrected chi connectivity index (χ3v) is 2.02. The lowest BCUT2D eigenvalue weighted by molar-refractivity contribution is -0.137. The van der Waals surface area contributed by atoms with Gasteiger partial charge in [-0.05, 0) is 24.3 Å². The summed E-state index contributed by atoms with van der Waals surface area (Å²) in [5.74, 6) is 0.429. The highest BCUT2D eigenvalue weighted by Gasteiger charge is 2.30. The van der Waals surface area contributed by atoms with Gasteiger partial charge >= 0.3 is 6.18 Å². The van der Waals surface area contributed by atoms with E-state index in [4.69, 9.17) is 9.47 Å². The Bertz CT molecular complexity index is 328. The van der Waals surface area contributed by atoms with Crippen molar-refractivity contribution in [3.63, 3.8) is 0 Å². The highest BCUT2D eigenvalue weighted by molar-refractivity contribution is 5.28. The summed E-state index contributed by atoms with van der Waals surface area (Å²) in [6.07, 6.45) is -4.19. The first kappa shape index (κ1) is 10.3. The molecule has 15 heavy (non-hydrogen) atoms. The van der Waals surface area contributed by atoms with Crippen LogP contribution in [0.4, 0.5) is 13.2 Å². The molecule has 1 aromatic carbocycles. The molecule has 0 radical (unpaired) electrons. The lowest BCUT2D eigenvalue weighted by atomic mass is 10.2. The summed E-state index contributed by atoms with van der Waals surface area (Å²) < 4.78 is 46.7. The maximum absolute atomic E-state index is 12.2. The van der Waals surface area contributed by atoms with E-state index < -0.39 is 11.7 Å². The van der Waals surface area contributed by atoms with Crippen molar-refractivity contribution in [1.29, 1.82) is 0 Å². The molecule has 2 nitrogen and oxygen atoms in total. The Morgan fingerprint density at radius 1 is 1.27 bits per heavy atom. The Kier molecular flexibility index (Phi) is 2.56. The third-order valence-electron chi connectivity index (χ3n) is 2.02. The fourth-order valence-corrected chi connectivity index (χ4v) is 1.09. The van der Waals surface area contributed by atoms with Gasteiger partial charge in [0, 0.05) is 0 Å². The second-order valence-corrected chi connectivity index (χ2v) is 3.29. The highest BCUT2D eigenvalue weighted by atomic mass is 19.4. The van der Waals surface area contributed by atoms with Gasteiger partial charge in [0.15, 0.2) is 0 Å². The van der Waals surface area contributed by atoms with Crippen LogP contribution in [0.1, 0.15) is 5.56 Å². The van der Waals surface area contributed by atoms with Crippen molar-refractivity contribution in [2.45, 2.75) is 12.3 Å². The Morgan fingerprint density at radius 3 is 2.33 bits per heavy atom. The topological polar surface area (TPSA) is 21.8 Å². The first-order valence-corrected chi connectivity index (χ1v) is 4.47. The largest absolute Gasteiger partial charge is 0.491 e. The van der Waals surface area contributed by atoms with Crippen LogP contribution in [0.25, 0.3) is 0 Å². The van der Waals surface area contributed by atoms with Gasteiger partial charge in [-0.2, -0.15) is 13.2 Å². The Labute approximate surface area is 84.6 Å². The minimum atomic E-state index is -4.29.